The van der Waals surface area contributed by atoms with Crippen molar-refractivity contribution in [2.75, 3.05) is 42.7 Å². The van der Waals surface area contributed by atoms with Gasteiger partial charge in [0, 0.05) is 6.54 Å². The lowest BCUT2D eigenvalue weighted by atomic mass is 10.1. The molecule has 8 heteroatoms. The highest BCUT2D eigenvalue weighted by Gasteiger charge is 2.18. The zero-order valence-corrected chi connectivity index (χ0v) is 16.8. The summed E-state index contributed by atoms with van der Waals surface area (Å²) in [7, 11) is 0. The molecule has 0 unspecified atom stereocenters. The molecule has 0 fully saturated rings. The topological polar surface area (TPSA) is 134 Å². The van der Waals surface area contributed by atoms with Crippen LogP contribution in [0, 0.1) is 0 Å². The van der Waals surface area contributed by atoms with E-state index in [1.54, 1.807) is 50.2 Å². The second-order valence-corrected chi connectivity index (χ2v) is 6.28. The van der Waals surface area contributed by atoms with Gasteiger partial charge in [0.05, 0.1) is 47.1 Å². The molecule has 0 bridgehead atoms. The van der Waals surface area contributed by atoms with Gasteiger partial charge in [-0.05, 0) is 63.2 Å². The number of nitrogen functional groups attached to an aromatic ring is 2. The van der Waals surface area contributed by atoms with E-state index in [2.05, 4.69) is 0 Å². The van der Waals surface area contributed by atoms with Crippen LogP contribution in [0.5, 0.6) is 0 Å². The number of carbonyl (C=O) groups excluding carboxylic acids is 2. The largest absolute Gasteiger partial charge is 0.462 e. The molecule has 0 amide bonds. The third-order valence-electron chi connectivity index (χ3n) is 4.24. The minimum atomic E-state index is -0.433. The lowest BCUT2D eigenvalue weighted by Gasteiger charge is -2.28. The molecule has 0 saturated heterocycles. The van der Waals surface area contributed by atoms with Crippen molar-refractivity contribution >= 4 is 34.7 Å². The van der Waals surface area contributed by atoms with Crippen LogP contribution in [0.4, 0.5) is 22.7 Å². The molecule has 0 spiro atoms. The number of nitrogens with zero attached hydrogens (tertiary/aromatic N) is 1. The number of esters is 2. The number of benzene rings is 2. The molecule has 2 aromatic rings. The van der Waals surface area contributed by atoms with Crippen LogP contribution < -0.4 is 22.1 Å². The van der Waals surface area contributed by atoms with Gasteiger partial charge in [-0.1, -0.05) is 0 Å². The molecule has 0 saturated carbocycles. The fraction of sp³-hybridized carbons (Fsp3) is 0.333. The Balaban J connectivity index is 2.42. The van der Waals surface area contributed by atoms with E-state index in [0.29, 0.717) is 53.4 Å². The second-order valence-electron chi connectivity index (χ2n) is 6.28. The molecule has 2 rings (SSSR count). The molecule has 2 aromatic carbocycles. The van der Waals surface area contributed by atoms with Crippen LogP contribution in [0.3, 0.4) is 0 Å². The lowest BCUT2D eigenvalue weighted by Crippen LogP contribution is -2.23. The molecule has 29 heavy (non-hydrogen) atoms. The van der Waals surface area contributed by atoms with E-state index in [-0.39, 0.29) is 13.2 Å². The van der Waals surface area contributed by atoms with E-state index in [1.807, 2.05) is 4.90 Å². The molecule has 0 heterocycles. The minimum absolute atomic E-state index is 0.284. The maximum Gasteiger partial charge on any atom is 0.338 e. The quantitative estimate of drug-likeness (QED) is 0.432. The summed E-state index contributed by atoms with van der Waals surface area (Å²) >= 11 is 0. The Morgan fingerprint density at radius 2 is 1.31 bits per heavy atom. The lowest BCUT2D eigenvalue weighted by molar-refractivity contribution is 0.0517. The molecule has 8 nitrogen and oxygen atoms in total. The summed E-state index contributed by atoms with van der Waals surface area (Å²) in [5, 5.41) is 0. The van der Waals surface area contributed by atoms with Crippen molar-refractivity contribution in [2.24, 2.45) is 5.73 Å². The third-order valence-corrected chi connectivity index (χ3v) is 4.24. The van der Waals surface area contributed by atoms with Crippen LogP contribution in [0.15, 0.2) is 36.4 Å². The minimum Gasteiger partial charge on any atom is -0.462 e. The van der Waals surface area contributed by atoms with Crippen molar-refractivity contribution in [1.82, 2.24) is 0 Å². The number of carbonyl (C=O) groups is 2. The van der Waals surface area contributed by atoms with Gasteiger partial charge < -0.3 is 31.6 Å². The molecule has 0 radical (unpaired) electrons. The number of anilines is 4. The number of hydrogen-bond acceptors (Lipinski definition) is 8. The van der Waals surface area contributed by atoms with Crippen LogP contribution in [0.1, 0.15) is 41.0 Å². The summed E-state index contributed by atoms with van der Waals surface area (Å²) in [6.07, 6.45) is 0.693. The third kappa shape index (κ3) is 5.39. The highest BCUT2D eigenvalue weighted by atomic mass is 16.5. The molecule has 156 valence electrons. The number of rotatable bonds is 9. The maximum absolute atomic E-state index is 12.0. The molecular formula is C21H28N4O4. The van der Waals surface area contributed by atoms with E-state index in [1.165, 1.54) is 0 Å². The molecule has 0 atom stereocenters. The van der Waals surface area contributed by atoms with Crippen molar-refractivity contribution in [3.8, 4) is 0 Å². The molecule has 0 aliphatic rings. The highest BCUT2D eigenvalue weighted by molar-refractivity contribution is 5.94. The van der Waals surface area contributed by atoms with Crippen LogP contribution >= 0.6 is 0 Å². The first-order chi connectivity index (χ1) is 13.9. The average molecular weight is 400 g/mol. The van der Waals surface area contributed by atoms with E-state index < -0.39 is 11.9 Å². The molecule has 0 aromatic heterocycles. The van der Waals surface area contributed by atoms with Gasteiger partial charge in [0.2, 0.25) is 0 Å². The van der Waals surface area contributed by atoms with Crippen molar-refractivity contribution in [1.29, 1.82) is 0 Å². The van der Waals surface area contributed by atoms with Crippen molar-refractivity contribution < 1.29 is 19.1 Å². The van der Waals surface area contributed by atoms with Gasteiger partial charge in [-0.15, -0.1) is 0 Å². The van der Waals surface area contributed by atoms with Gasteiger partial charge in [-0.25, -0.2) is 9.59 Å². The summed E-state index contributed by atoms with van der Waals surface area (Å²) in [6.45, 7) is 5.10. The zero-order chi connectivity index (χ0) is 21.4. The highest BCUT2D eigenvalue weighted by Crippen LogP contribution is 2.35. The monoisotopic (exact) mass is 400 g/mol. The summed E-state index contributed by atoms with van der Waals surface area (Å²) < 4.78 is 10.0. The SMILES string of the molecule is CCOC(=O)c1ccc(N(CCCN)c2ccc(C(=O)OCC)cc2N)c(N)c1. The zero-order valence-electron chi connectivity index (χ0n) is 16.8. The summed E-state index contributed by atoms with van der Waals surface area (Å²) in [5.74, 6) is -0.866. The summed E-state index contributed by atoms with van der Waals surface area (Å²) in [6, 6.07) is 9.95. The molecule has 0 aliphatic heterocycles. The Morgan fingerprint density at radius 3 is 1.66 bits per heavy atom. The molecular weight excluding hydrogens is 372 g/mol. The van der Waals surface area contributed by atoms with E-state index in [9.17, 15) is 9.59 Å². The average Bonchev–Trinajstić information content (AvgIpc) is 2.70. The Kier molecular flexibility index (Phi) is 7.85. The van der Waals surface area contributed by atoms with Crippen molar-refractivity contribution in [3.63, 3.8) is 0 Å². The maximum atomic E-state index is 12.0. The first-order valence-corrected chi connectivity index (χ1v) is 9.53. The van der Waals surface area contributed by atoms with Crippen LogP contribution in [0.25, 0.3) is 0 Å². The first kappa shape index (κ1) is 22.0. The fourth-order valence-electron chi connectivity index (χ4n) is 2.90. The van der Waals surface area contributed by atoms with Crippen molar-refractivity contribution in [3.05, 3.63) is 47.5 Å². The van der Waals surface area contributed by atoms with Gasteiger partial charge >= 0.3 is 11.9 Å². The van der Waals surface area contributed by atoms with E-state index in [0.717, 1.165) is 0 Å². The number of ether oxygens (including phenoxy) is 2. The smallest absolute Gasteiger partial charge is 0.338 e. The van der Waals surface area contributed by atoms with Gasteiger partial charge in [0.25, 0.3) is 0 Å². The van der Waals surface area contributed by atoms with E-state index >= 15 is 0 Å². The standard InChI is InChI=1S/C21H28N4O4/c1-3-28-20(26)14-6-8-18(16(23)12-14)25(11-5-10-22)19-9-7-15(13-17(19)24)21(27)29-4-2/h6-9,12-13H,3-5,10-11,22-24H2,1-2H3. The summed E-state index contributed by atoms with van der Waals surface area (Å²) in [5.41, 5.74) is 21.1. The molecule has 0 aliphatic carbocycles. The normalized spacial score (nSPS) is 10.4. The number of hydrogen-bond donors (Lipinski definition) is 3. The Morgan fingerprint density at radius 1 is 0.862 bits per heavy atom. The fourth-order valence-corrected chi connectivity index (χ4v) is 2.90. The van der Waals surface area contributed by atoms with Crippen LogP contribution in [-0.4, -0.2) is 38.2 Å². The van der Waals surface area contributed by atoms with Gasteiger partial charge in [0.1, 0.15) is 0 Å². The van der Waals surface area contributed by atoms with Gasteiger partial charge in [-0.3, -0.25) is 0 Å². The predicted molar refractivity (Wildman–Crippen MR) is 114 cm³/mol. The van der Waals surface area contributed by atoms with Crippen molar-refractivity contribution in [2.45, 2.75) is 20.3 Å². The molecule has 6 N–H and O–H groups in total. The second kappa shape index (κ2) is 10.3. The van der Waals surface area contributed by atoms with Crippen LogP contribution in [0.2, 0.25) is 0 Å². The number of nitrogens with two attached hydrogens (primary N) is 3. The van der Waals surface area contributed by atoms with Gasteiger partial charge in [-0.2, -0.15) is 0 Å². The Hall–Kier alpha value is -3.26. The predicted octanol–water partition coefficient (Wildman–Crippen LogP) is 2.69. The van der Waals surface area contributed by atoms with Crippen LogP contribution in [-0.2, 0) is 9.47 Å². The Bertz CT molecular complexity index is 802. The summed E-state index contributed by atoms with van der Waals surface area (Å²) in [4.78, 5) is 25.8. The van der Waals surface area contributed by atoms with E-state index in [4.69, 9.17) is 26.7 Å². The Labute approximate surface area is 170 Å². The van der Waals surface area contributed by atoms with Gasteiger partial charge in [0.15, 0.2) is 0 Å². The first-order valence-electron chi connectivity index (χ1n) is 9.53.